The maximum atomic E-state index is 11.4. The minimum absolute atomic E-state index is 0.0225. The van der Waals surface area contributed by atoms with E-state index in [1.165, 1.54) is 0 Å². The molecule has 4 rings (SSSR count). The van der Waals surface area contributed by atoms with Crippen LogP contribution in [-0.2, 0) is 13.1 Å². The molecule has 0 aliphatic rings. The molecule has 2 aromatic carbocycles. The SMILES string of the molecule is O=Nc1c(O)n(Cc2cn(Cc3ccc(C(=O)NO)cc3)nn2)c2ccc(Br)cc12. The van der Waals surface area contributed by atoms with Gasteiger partial charge < -0.3 is 9.67 Å². The Morgan fingerprint density at radius 2 is 1.93 bits per heavy atom. The number of aromatic hydroxyl groups is 1. The molecule has 0 bridgehead atoms. The van der Waals surface area contributed by atoms with Crippen molar-refractivity contribution in [2.45, 2.75) is 13.1 Å². The molecule has 10 nitrogen and oxygen atoms in total. The molecule has 0 fully saturated rings. The van der Waals surface area contributed by atoms with Gasteiger partial charge in [-0.25, -0.2) is 10.2 Å². The van der Waals surface area contributed by atoms with E-state index in [4.69, 9.17) is 5.21 Å². The fourth-order valence-electron chi connectivity index (χ4n) is 3.21. The summed E-state index contributed by atoms with van der Waals surface area (Å²) in [7, 11) is 0. The monoisotopic (exact) mass is 470 g/mol. The van der Waals surface area contributed by atoms with E-state index in [0.717, 1.165) is 10.0 Å². The molecular weight excluding hydrogens is 456 g/mol. The lowest BCUT2D eigenvalue weighted by Gasteiger charge is -2.04. The molecular formula is C19H15BrN6O4. The van der Waals surface area contributed by atoms with Crippen LogP contribution in [0.5, 0.6) is 5.88 Å². The van der Waals surface area contributed by atoms with Gasteiger partial charge in [0.15, 0.2) is 5.69 Å². The summed E-state index contributed by atoms with van der Waals surface area (Å²) in [6, 6.07) is 12.0. The average molecular weight is 471 g/mol. The summed E-state index contributed by atoms with van der Waals surface area (Å²) >= 11 is 3.35. The Kier molecular flexibility index (Phi) is 5.29. The number of nitrogens with one attached hydrogen (secondary N) is 1. The summed E-state index contributed by atoms with van der Waals surface area (Å²) in [6.45, 7) is 0.621. The van der Waals surface area contributed by atoms with Gasteiger partial charge in [-0.05, 0) is 41.1 Å². The van der Waals surface area contributed by atoms with Gasteiger partial charge in [-0.1, -0.05) is 33.3 Å². The van der Waals surface area contributed by atoms with Gasteiger partial charge in [0.05, 0.1) is 24.8 Å². The van der Waals surface area contributed by atoms with Crippen LogP contribution in [0.3, 0.4) is 0 Å². The number of benzene rings is 2. The summed E-state index contributed by atoms with van der Waals surface area (Å²) in [4.78, 5) is 22.6. The van der Waals surface area contributed by atoms with Crippen molar-refractivity contribution in [2.24, 2.45) is 5.18 Å². The van der Waals surface area contributed by atoms with E-state index in [2.05, 4.69) is 31.4 Å². The van der Waals surface area contributed by atoms with Gasteiger partial charge >= 0.3 is 0 Å². The highest BCUT2D eigenvalue weighted by molar-refractivity contribution is 9.10. The Morgan fingerprint density at radius 1 is 1.17 bits per heavy atom. The van der Waals surface area contributed by atoms with Crippen LogP contribution in [0.1, 0.15) is 21.6 Å². The molecule has 1 amide bonds. The Bertz CT molecular complexity index is 1250. The van der Waals surface area contributed by atoms with Crippen LogP contribution in [-0.4, -0.2) is 35.8 Å². The Labute approximate surface area is 177 Å². The molecule has 2 aromatic heterocycles. The van der Waals surface area contributed by atoms with Crippen molar-refractivity contribution in [2.75, 3.05) is 0 Å². The molecule has 4 aromatic rings. The number of aromatic nitrogens is 4. The van der Waals surface area contributed by atoms with Crippen molar-refractivity contribution in [3.05, 3.63) is 74.9 Å². The number of hydroxylamine groups is 1. The van der Waals surface area contributed by atoms with Crippen molar-refractivity contribution in [1.29, 1.82) is 0 Å². The molecule has 0 saturated carbocycles. The summed E-state index contributed by atoms with van der Waals surface area (Å²) in [6.07, 6.45) is 1.73. The van der Waals surface area contributed by atoms with Gasteiger partial charge in [-0.3, -0.25) is 10.0 Å². The van der Waals surface area contributed by atoms with Gasteiger partial charge in [0.1, 0.15) is 5.69 Å². The molecule has 0 unspecified atom stereocenters. The Balaban J connectivity index is 1.56. The van der Waals surface area contributed by atoms with Gasteiger partial charge in [0.2, 0.25) is 5.88 Å². The van der Waals surface area contributed by atoms with Crippen molar-refractivity contribution in [3.63, 3.8) is 0 Å². The molecule has 0 aliphatic carbocycles. The van der Waals surface area contributed by atoms with Crippen molar-refractivity contribution >= 4 is 38.4 Å². The van der Waals surface area contributed by atoms with Crippen molar-refractivity contribution in [3.8, 4) is 5.88 Å². The molecule has 30 heavy (non-hydrogen) atoms. The van der Waals surface area contributed by atoms with Gasteiger partial charge in [-0.15, -0.1) is 10.0 Å². The highest BCUT2D eigenvalue weighted by Gasteiger charge is 2.19. The normalized spacial score (nSPS) is 11.0. The van der Waals surface area contributed by atoms with E-state index in [1.54, 1.807) is 57.3 Å². The van der Waals surface area contributed by atoms with E-state index in [9.17, 15) is 14.8 Å². The van der Waals surface area contributed by atoms with Crippen LogP contribution in [0.2, 0.25) is 0 Å². The summed E-state index contributed by atoms with van der Waals surface area (Å²) in [5.74, 6) is -0.815. The van der Waals surface area contributed by atoms with E-state index in [-0.39, 0.29) is 18.1 Å². The zero-order chi connectivity index (χ0) is 21.3. The number of halogens is 1. The van der Waals surface area contributed by atoms with Gasteiger partial charge in [-0.2, -0.15) is 0 Å². The second-order valence-corrected chi connectivity index (χ2v) is 7.47. The number of hydrogen-bond donors (Lipinski definition) is 3. The molecule has 152 valence electrons. The van der Waals surface area contributed by atoms with Crippen molar-refractivity contribution in [1.82, 2.24) is 25.0 Å². The third-order valence-corrected chi connectivity index (χ3v) is 5.12. The fraction of sp³-hybridized carbons (Fsp3) is 0.105. The van der Waals surface area contributed by atoms with Gasteiger partial charge in [0.25, 0.3) is 5.91 Å². The predicted octanol–water partition coefficient (Wildman–Crippen LogP) is 3.31. The first kappa shape index (κ1) is 19.7. The number of amides is 1. The minimum atomic E-state index is -0.584. The number of nitroso groups, excluding NO2 is 1. The first-order chi connectivity index (χ1) is 14.5. The molecule has 0 radical (unpaired) electrons. The molecule has 0 atom stereocenters. The van der Waals surface area contributed by atoms with Gasteiger partial charge in [0, 0.05) is 15.4 Å². The second kappa shape index (κ2) is 8.05. The number of rotatable bonds is 6. The molecule has 3 N–H and O–H groups in total. The second-order valence-electron chi connectivity index (χ2n) is 6.56. The standard InChI is InChI=1S/C19H15BrN6O4/c20-13-5-6-16-15(7-13)17(22-29)19(28)26(16)10-14-9-25(24-21-14)8-11-1-3-12(4-2-11)18(27)23-30/h1-7,9,28,30H,8,10H2,(H,23,27). The molecule has 11 heteroatoms. The smallest absolute Gasteiger partial charge is 0.274 e. The van der Waals surface area contributed by atoms with Crippen LogP contribution in [0.25, 0.3) is 10.9 Å². The first-order valence-electron chi connectivity index (χ1n) is 8.76. The van der Waals surface area contributed by atoms with E-state index < -0.39 is 5.91 Å². The zero-order valence-corrected chi connectivity index (χ0v) is 16.9. The molecule has 2 heterocycles. The Hall–Kier alpha value is -3.57. The molecule has 0 aliphatic heterocycles. The average Bonchev–Trinajstić information content (AvgIpc) is 3.29. The summed E-state index contributed by atoms with van der Waals surface area (Å²) < 4.78 is 3.94. The number of hydrogen-bond acceptors (Lipinski definition) is 7. The summed E-state index contributed by atoms with van der Waals surface area (Å²) in [5, 5.41) is 30.8. The van der Waals surface area contributed by atoms with E-state index in [1.807, 2.05) is 6.07 Å². The lowest BCUT2D eigenvalue weighted by Crippen LogP contribution is -2.18. The minimum Gasteiger partial charge on any atom is -0.493 e. The highest BCUT2D eigenvalue weighted by atomic mass is 79.9. The zero-order valence-electron chi connectivity index (χ0n) is 15.4. The first-order valence-corrected chi connectivity index (χ1v) is 9.56. The van der Waals surface area contributed by atoms with E-state index in [0.29, 0.717) is 28.7 Å². The number of nitrogens with zero attached hydrogens (tertiary/aromatic N) is 5. The topological polar surface area (TPSA) is 135 Å². The third kappa shape index (κ3) is 3.67. The van der Waals surface area contributed by atoms with Crippen LogP contribution in [0.15, 0.2) is 58.3 Å². The molecule has 0 saturated heterocycles. The lowest BCUT2D eigenvalue weighted by atomic mass is 10.1. The Morgan fingerprint density at radius 3 is 2.63 bits per heavy atom. The van der Waals surface area contributed by atoms with Crippen LogP contribution < -0.4 is 5.48 Å². The maximum Gasteiger partial charge on any atom is 0.274 e. The van der Waals surface area contributed by atoms with Crippen LogP contribution >= 0.6 is 15.9 Å². The lowest BCUT2D eigenvalue weighted by molar-refractivity contribution is 0.0706. The number of carbonyl (C=O) groups is 1. The fourth-order valence-corrected chi connectivity index (χ4v) is 3.57. The highest BCUT2D eigenvalue weighted by Crippen LogP contribution is 2.39. The van der Waals surface area contributed by atoms with Crippen LogP contribution in [0, 0.1) is 4.91 Å². The number of carbonyl (C=O) groups excluding carboxylic acids is 1. The van der Waals surface area contributed by atoms with Crippen LogP contribution in [0.4, 0.5) is 5.69 Å². The molecule has 0 spiro atoms. The maximum absolute atomic E-state index is 11.4. The van der Waals surface area contributed by atoms with E-state index >= 15 is 0 Å². The number of fused-ring (bicyclic) bond motifs is 1. The van der Waals surface area contributed by atoms with Crippen molar-refractivity contribution < 1.29 is 15.1 Å². The summed E-state index contributed by atoms with van der Waals surface area (Å²) in [5.41, 5.74) is 4.01. The third-order valence-electron chi connectivity index (χ3n) is 4.63. The predicted molar refractivity (Wildman–Crippen MR) is 111 cm³/mol. The largest absolute Gasteiger partial charge is 0.493 e. The quantitative estimate of drug-likeness (QED) is 0.224.